The van der Waals surface area contributed by atoms with E-state index in [-0.39, 0.29) is 37.0 Å². The van der Waals surface area contributed by atoms with Crippen LogP contribution in [0.1, 0.15) is 10.5 Å². The van der Waals surface area contributed by atoms with Gasteiger partial charge in [0, 0.05) is 37.9 Å². The minimum Gasteiger partial charge on any atom is -0.335 e. The molecule has 0 bridgehead atoms. The second-order valence-electron chi connectivity index (χ2n) is 6.91. The van der Waals surface area contributed by atoms with Gasteiger partial charge in [-0.25, -0.2) is 13.4 Å². The van der Waals surface area contributed by atoms with Gasteiger partial charge < -0.3 is 4.90 Å². The summed E-state index contributed by atoms with van der Waals surface area (Å²) >= 11 is 0. The SMILES string of the molecule is O=C(c1cncn1-c1ccccc1)N1CCN(S(=O)(=O)c2ccccc2[N+](=O)[O-])CC1. The third-order valence-corrected chi connectivity index (χ3v) is 7.04. The highest BCUT2D eigenvalue weighted by Crippen LogP contribution is 2.27. The van der Waals surface area contributed by atoms with E-state index >= 15 is 0 Å². The highest BCUT2D eigenvalue weighted by Gasteiger charge is 2.35. The summed E-state index contributed by atoms with van der Waals surface area (Å²) in [5.41, 5.74) is 0.704. The molecule has 0 aliphatic carbocycles. The Balaban J connectivity index is 1.51. The molecule has 1 fully saturated rings. The normalized spacial score (nSPS) is 15.0. The van der Waals surface area contributed by atoms with Crippen molar-refractivity contribution in [3.8, 4) is 5.69 Å². The van der Waals surface area contributed by atoms with Crippen LogP contribution >= 0.6 is 0 Å². The van der Waals surface area contributed by atoms with Crippen molar-refractivity contribution in [2.45, 2.75) is 4.90 Å². The van der Waals surface area contributed by atoms with E-state index in [1.54, 1.807) is 15.8 Å². The molecule has 4 rings (SSSR count). The molecule has 0 radical (unpaired) electrons. The summed E-state index contributed by atoms with van der Waals surface area (Å²) in [6.45, 7) is 0.413. The first-order valence-corrected chi connectivity index (χ1v) is 10.9. The maximum Gasteiger partial charge on any atom is 0.289 e. The van der Waals surface area contributed by atoms with Gasteiger partial charge in [0.2, 0.25) is 10.0 Å². The lowest BCUT2D eigenvalue weighted by atomic mass is 10.3. The summed E-state index contributed by atoms with van der Waals surface area (Å²) in [6.07, 6.45) is 3.03. The lowest BCUT2D eigenvalue weighted by Crippen LogP contribution is -2.50. The lowest BCUT2D eigenvalue weighted by molar-refractivity contribution is -0.387. The van der Waals surface area contributed by atoms with Gasteiger partial charge in [-0.1, -0.05) is 30.3 Å². The predicted molar refractivity (Wildman–Crippen MR) is 111 cm³/mol. The van der Waals surface area contributed by atoms with Crippen LogP contribution in [0.4, 0.5) is 5.69 Å². The zero-order valence-electron chi connectivity index (χ0n) is 16.4. The molecule has 1 aliphatic rings. The second kappa shape index (κ2) is 8.28. The number of amides is 1. The zero-order valence-corrected chi connectivity index (χ0v) is 17.2. The Hall–Kier alpha value is -3.57. The van der Waals surface area contributed by atoms with E-state index in [2.05, 4.69) is 4.98 Å². The molecule has 10 nitrogen and oxygen atoms in total. The Bertz CT molecular complexity index is 1220. The van der Waals surface area contributed by atoms with E-state index in [1.807, 2.05) is 30.3 Å². The molecular weight excluding hydrogens is 422 g/mol. The van der Waals surface area contributed by atoms with Crippen LogP contribution < -0.4 is 0 Å². The quantitative estimate of drug-likeness (QED) is 0.441. The number of carbonyl (C=O) groups excluding carboxylic acids is 1. The smallest absolute Gasteiger partial charge is 0.289 e. The summed E-state index contributed by atoms with van der Waals surface area (Å²) in [7, 11) is -4.06. The average molecular weight is 441 g/mol. The first kappa shape index (κ1) is 20.7. The van der Waals surface area contributed by atoms with E-state index in [0.717, 1.165) is 11.8 Å². The van der Waals surface area contributed by atoms with E-state index in [0.29, 0.717) is 5.69 Å². The molecule has 11 heteroatoms. The lowest BCUT2D eigenvalue weighted by Gasteiger charge is -2.33. The van der Waals surface area contributed by atoms with Crippen molar-refractivity contribution in [1.82, 2.24) is 18.8 Å². The first-order chi connectivity index (χ1) is 14.9. The molecule has 0 unspecified atom stereocenters. The number of nitrogens with zero attached hydrogens (tertiary/aromatic N) is 5. The van der Waals surface area contributed by atoms with Crippen molar-refractivity contribution in [1.29, 1.82) is 0 Å². The Morgan fingerprint density at radius 1 is 0.968 bits per heavy atom. The maximum absolute atomic E-state index is 13.0. The van der Waals surface area contributed by atoms with Crippen LogP contribution in [0, 0.1) is 10.1 Å². The summed E-state index contributed by atoms with van der Waals surface area (Å²) in [5.74, 6) is -0.260. The summed E-state index contributed by atoms with van der Waals surface area (Å²) in [5, 5.41) is 11.2. The van der Waals surface area contributed by atoms with Gasteiger partial charge in [-0.05, 0) is 18.2 Å². The standard InChI is InChI=1S/C20H19N5O5S/c26-20(18-14-21-15-24(18)16-6-2-1-3-7-16)22-10-12-23(13-11-22)31(29,30)19-9-5-4-8-17(19)25(27)28/h1-9,14-15H,10-13H2. The van der Waals surface area contributed by atoms with Gasteiger partial charge >= 0.3 is 0 Å². The van der Waals surface area contributed by atoms with E-state index in [9.17, 15) is 23.3 Å². The van der Waals surface area contributed by atoms with E-state index < -0.39 is 20.6 Å². The third kappa shape index (κ3) is 3.92. The Morgan fingerprint density at radius 3 is 2.29 bits per heavy atom. The van der Waals surface area contributed by atoms with Crippen LogP contribution in [-0.4, -0.2) is 64.2 Å². The maximum atomic E-state index is 13.0. The van der Waals surface area contributed by atoms with Crippen LogP contribution in [-0.2, 0) is 10.0 Å². The Morgan fingerprint density at radius 2 is 1.61 bits per heavy atom. The fraction of sp³-hybridized carbons (Fsp3) is 0.200. The van der Waals surface area contributed by atoms with Gasteiger partial charge in [-0.3, -0.25) is 19.5 Å². The number of rotatable bonds is 5. The minimum absolute atomic E-state index is 0.0413. The minimum atomic E-state index is -4.06. The van der Waals surface area contributed by atoms with Crippen LogP contribution in [0.25, 0.3) is 5.69 Å². The average Bonchev–Trinajstić information content (AvgIpc) is 3.29. The molecule has 1 aliphatic heterocycles. The van der Waals surface area contributed by atoms with Crippen LogP contribution in [0.5, 0.6) is 0 Å². The van der Waals surface area contributed by atoms with Gasteiger partial charge in [0.15, 0.2) is 4.90 Å². The van der Waals surface area contributed by atoms with Crippen molar-refractivity contribution in [3.05, 3.63) is 82.9 Å². The second-order valence-corrected chi connectivity index (χ2v) is 8.81. The van der Waals surface area contributed by atoms with Crippen molar-refractivity contribution in [3.63, 3.8) is 0 Å². The van der Waals surface area contributed by atoms with Crippen LogP contribution in [0.3, 0.4) is 0 Å². The van der Waals surface area contributed by atoms with Crippen molar-refractivity contribution < 1.29 is 18.1 Å². The van der Waals surface area contributed by atoms with Gasteiger partial charge in [0.25, 0.3) is 11.6 Å². The number of hydrogen-bond donors (Lipinski definition) is 0. The number of nitro groups is 1. The predicted octanol–water partition coefficient (Wildman–Crippen LogP) is 1.93. The highest BCUT2D eigenvalue weighted by atomic mass is 32.2. The number of benzene rings is 2. The molecule has 3 aromatic rings. The van der Waals surface area contributed by atoms with Crippen molar-refractivity contribution in [2.24, 2.45) is 0 Å². The summed E-state index contributed by atoms with van der Waals surface area (Å²) in [4.78, 5) is 28.8. The van der Waals surface area contributed by atoms with E-state index in [4.69, 9.17) is 0 Å². The molecule has 0 atom stereocenters. The van der Waals surface area contributed by atoms with Crippen molar-refractivity contribution >= 4 is 21.6 Å². The molecule has 2 heterocycles. The van der Waals surface area contributed by atoms with Gasteiger partial charge in [0.05, 0.1) is 17.4 Å². The van der Waals surface area contributed by atoms with Gasteiger partial charge in [-0.15, -0.1) is 0 Å². The first-order valence-electron chi connectivity index (χ1n) is 9.50. The monoisotopic (exact) mass is 441 g/mol. The molecule has 1 aromatic heterocycles. The number of carbonyl (C=O) groups is 1. The molecular formula is C20H19N5O5S. The number of sulfonamides is 1. The van der Waals surface area contributed by atoms with E-state index in [1.165, 1.54) is 28.7 Å². The van der Waals surface area contributed by atoms with Crippen LogP contribution in [0.15, 0.2) is 72.0 Å². The fourth-order valence-electron chi connectivity index (χ4n) is 3.51. The molecule has 1 saturated heterocycles. The summed E-state index contributed by atoms with van der Waals surface area (Å²) < 4.78 is 28.8. The molecule has 2 aromatic carbocycles. The van der Waals surface area contributed by atoms with Crippen LogP contribution in [0.2, 0.25) is 0 Å². The molecule has 31 heavy (non-hydrogen) atoms. The number of hydrogen-bond acceptors (Lipinski definition) is 6. The number of aromatic nitrogens is 2. The summed E-state index contributed by atoms with van der Waals surface area (Å²) in [6, 6.07) is 14.6. The molecule has 0 spiro atoms. The van der Waals surface area contributed by atoms with Crippen molar-refractivity contribution in [2.75, 3.05) is 26.2 Å². The molecule has 0 saturated carbocycles. The number of piperazine rings is 1. The highest BCUT2D eigenvalue weighted by molar-refractivity contribution is 7.89. The Labute approximate surface area is 178 Å². The number of nitro benzene ring substituents is 1. The molecule has 1 amide bonds. The fourth-order valence-corrected chi connectivity index (χ4v) is 5.09. The van der Waals surface area contributed by atoms with Gasteiger partial charge in [0.1, 0.15) is 5.69 Å². The third-order valence-electron chi connectivity index (χ3n) is 5.10. The largest absolute Gasteiger partial charge is 0.335 e. The Kier molecular flexibility index (Phi) is 5.53. The molecule has 160 valence electrons. The zero-order chi connectivity index (χ0) is 22.0. The molecule has 0 N–H and O–H groups in total. The topological polar surface area (TPSA) is 119 Å². The number of imidazole rings is 1. The van der Waals surface area contributed by atoms with Gasteiger partial charge in [-0.2, -0.15) is 4.31 Å². The number of para-hydroxylation sites is 2.